The van der Waals surface area contributed by atoms with Crippen LogP contribution in [0, 0.1) is 28.6 Å². The van der Waals surface area contributed by atoms with Gasteiger partial charge in [-0.15, -0.1) is 0 Å². The Hall–Kier alpha value is -1.33. The number of carbonyl (C=O) groups is 3. The molecule has 0 spiro atoms. The molecule has 0 saturated heterocycles. The van der Waals surface area contributed by atoms with Gasteiger partial charge in [-0.2, -0.15) is 0 Å². The summed E-state index contributed by atoms with van der Waals surface area (Å²) in [6.07, 6.45) is 3.54. The second kappa shape index (κ2) is 5.35. The molecule has 3 fully saturated rings. The predicted molar refractivity (Wildman–Crippen MR) is 94.1 cm³/mol. The van der Waals surface area contributed by atoms with Gasteiger partial charge in [0.05, 0.1) is 5.60 Å². The highest BCUT2D eigenvalue weighted by molar-refractivity contribution is 5.99. The van der Waals surface area contributed by atoms with E-state index < -0.39 is 28.5 Å². The Kier molecular flexibility index (Phi) is 3.72. The molecule has 7 atom stereocenters. The first kappa shape index (κ1) is 18.1. The van der Waals surface area contributed by atoms with Crippen LogP contribution in [0.25, 0.3) is 0 Å². The van der Waals surface area contributed by atoms with Crippen LogP contribution >= 0.6 is 0 Å². The Balaban J connectivity index is 1.81. The van der Waals surface area contributed by atoms with Crippen molar-refractivity contribution >= 4 is 17.3 Å². The molecule has 3 saturated carbocycles. The second-order valence-corrected chi connectivity index (χ2v) is 9.52. The van der Waals surface area contributed by atoms with Gasteiger partial charge < -0.3 is 10.2 Å². The molecule has 0 aromatic heterocycles. The number of hydrogen-bond acceptors (Lipinski definition) is 5. The normalized spacial score (nSPS) is 50.6. The summed E-state index contributed by atoms with van der Waals surface area (Å²) in [6, 6.07) is 0. The van der Waals surface area contributed by atoms with Gasteiger partial charge in [-0.05, 0) is 62.0 Å². The molecule has 0 aromatic rings. The van der Waals surface area contributed by atoms with Gasteiger partial charge in [0.15, 0.2) is 11.6 Å². The van der Waals surface area contributed by atoms with Crippen LogP contribution in [0.1, 0.15) is 59.3 Å². The zero-order chi connectivity index (χ0) is 19.1. The van der Waals surface area contributed by atoms with Gasteiger partial charge in [0.1, 0.15) is 11.9 Å². The first-order chi connectivity index (χ1) is 12.0. The van der Waals surface area contributed by atoms with Gasteiger partial charge in [0.2, 0.25) is 0 Å². The topological polar surface area (TPSA) is 91.7 Å². The van der Waals surface area contributed by atoms with Gasteiger partial charge in [0, 0.05) is 23.7 Å². The second-order valence-electron chi connectivity index (χ2n) is 9.52. The van der Waals surface area contributed by atoms with Crippen molar-refractivity contribution in [2.75, 3.05) is 0 Å². The van der Waals surface area contributed by atoms with Crippen LogP contribution in [0.15, 0.2) is 11.6 Å². The fourth-order valence-electron chi connectivity index (χ4n) is 6.85. The zero-order valence-corrected chi connectivity index (χ0v) is 15.7. The fourth-order valence-corrected chi connectivity index (χ4v) is 6.85. The Bertz CT molecular complexity index is 739. The molecule has 0 radical (unpaired) electrons. The summed E-state index contributed by atoms with van der Waals surface area (Å²) in [5.74, 6) is -0.889. The van der Waals surface area contributed by atoms with Crippen molar-refractivity contribution in [2.45, 2.75) is 71.0 Å². The third-order valence-corrected chi connectivity index (χ3v) is 8.45. The lowest BCUT2D eigenvalue weighted by molar-refractivity contribution is -0.153. The van der Waals surface area contributed by atoms with Crippen molar-refractivity contribution < 1.29 is 24.6 Å². The monoisotopic (exact) mass is 360 g/mol. The SMILES string of the molecule is CC(=O)[C@H]1CC[C@@]2(O)C3=CC(=O)C4CC(=O)[C@@H](O)C[C@]4(C)C3CC[C@]12C. The number of aliphatic hydroxyl groups is 2. The molecule has 2 N–H and O–H groups in total. The third kappa shape index (κ3) is 2.02. The van der Waals surface area contributed by atoms with Crippen LogP contribution in [-0.2, 0) is 14.4 Å². The molecule has 26 heavy (non-hydrogen) atoms. The van der Waals surface area contributed by atoms with Gasteiger partial charge in [-0.25, -0.2) is 0 Å². The maximum Gasteiger partial charge on any atom is 0.162 e. The number of ketones is 3. The lowest BCUT2D eigenvalue weighted by Crippen LogP contribution is -2.60. The Morgan fingerprint density at radius 1 is 1.15 bits per heavy atom. The van der Waals surface area contributed by atoms with E-state index in [0.29, 0.717) is 12.8 Å². The van der Waals surface area contributed by atoms with E-state index in [1.165, 1.54) is 0 Å². The summed E-state index contributed by atoms with van der Waals surface area (Å²) >= 11 is 0. The van der Waals surface area contributed by atoms with E-state index in [4.69, 9.17) is 0 Å². The van der Waals surface area contributed by atoms with Gasteiger partial charge in [0.25, 0.3) is 0 Å². The zero-order valence-electron chi connectivity index (χ0n) is 15.7. The molecule has 0 bridgehead atoms. The first-order valence-electron chi connectivity index (χ1n) is 9.74. The predicted octanol–water partition coefficient (Wildman–Crippen LogP) is 1.99. The van der Waals surface area contributed by atoms with Crippen LogP contribution in [-0.4, -0.2) is 39.3 Å². The van der Waals surface area contributed by atoms with Crippen molar-refractivity contribution in [2.24, 2.45) is 28.6 Å². The minimum absolute atomic E-state index is 0.0308. The van der Waals surface area contributed by atoms with E-state index >= 15 is 0 Å². The number of fused-ring (bicyclic) bond motifs is 5. The summed E-state index contributed by atoms with van der Waals surface area (Å²) in [4.78, 5) is 37.1. The van der Waals surface area contributed by atoms with Crippen molar-refractivity contribution in [1.82, 2.24) is 0 Å². The van der Waals surface area contributed by atoms with Gasteiger partial charge >= 0.3 is 0 Å². The van der Waals surface area contributed by atoms with Crippen LogP contribution < -0.4 is 0 Å². The molecular weight excluding hydrogens is 332 g/mol. The number of Topliss-reactive ketones (excluding diaryl/α,β-unsaturated/α-hetero) is 2. The molecule has 4 aliphatic rings. The summed E-state index contributed by atoms with van der Waals surface area (Å²) < 4.78 is 0. The highest BCUT2D eigenvalue weighted by atomic mass is 16.3. The number of rotatable bonds is 1. The van der Waals surface area contributed by atoms with E-state index in [2.05, 4.69) is 0 Å². The standard InChI is InChI=1S/C21H28O5/c1-11(22)12-5-7-21(26)14-8-16(23)15-9-17(24)18(25)10-19(15,2)13(14)4-6-20(12,21)3/h8,12-13,15,18,25-26H,4-7,9-10H2,1-3H3/t12-,13?,15?,18+,19-,20-,21-/m1/s1. The first-order valence-corrected chi connectivity index (χ1v) is 9.74. The van der Waals surface area contributed by atoms with E-state index in [9.17, 15) is 24.6 Å². The van der Waals surface area contributed by atoms with E-state index in [0.717, 1.165) is 18.4 Å². The highest BCUT2D eigenvalue weighted by Gasteiger charge is 2.67. The maximum absolute atomic E-state index is 12.9. The lowest BCUT2D eigenvalue weighted by Gasteiger charge is -2.59. The molecule has 5 heteroatoms. The molecular formula is C21H28O5. The average molecular weight is 360 g/mol. The Morgan fingerprint density at radius 3 is 2.50 bits per heavy atom. The van der Waals surface area contributed by atoms with Gasteiger partial charge in [-0.1, -0.05) is 13.8 Å². The minimum Gasteiger partial charge on any atom is -0.385 e. The summed E-state index contributed by atoms with van der Waals surface area (Å²) in [7, 11) is 0. The smallest absolute Gasteiger partial charge is 0.162 e. The number of hydrogen-bond donors (Lipinski definition) is 2. The van der Waals surface area contributed by atoms with Crippen LogP contribution in [0.5, 0.6) is 0 Å². The molecule has 142 valence electrons. The number of carbonyl (C=O) groups excluding carboxylic acids is 3. The van der Waals surface area contributed by atoms with Crippen molar-refractivity contribution in [1.29, 1.82) is 0 Å². The fraction of sp³-hybridized carbons (Fsp3) is 0.762. The molecule has 0 heterocycles. The third-order valence-electron chi connectivity index (χ3n) is 8.45. The van der Waals surface area contributed by atoms with E-state index in [1.54, 1.807) is 13.0 Å². The van der Waals surface area contributed by atoms with Crippen LogP contribution in [0.4, 0.5) is 0 Å². The van der Waals surface area contributed by atoms with E-state index in [-0.39, 0.29) is 42.0 Å². The molecule has 0 aliphatic heterocycles. The lowest BCUT2D eigenvalue weighted by atomic mass is 9.46. The maximum atomic E-state index is 12.9. The minimum atomic E-state index is -1.15. The summed E-state index contributed by atoms with van der Waals surface area (Å²) in [5.41, 5.74) is -1.46. The molecule has 5 nitrogen and oxygen atoms in total. The Morgan fingerprint density at radius 2 is 1.85 bits per heavy atom. The molecule has 4 rings (SSSR count). The quantitative estimate of drug-likeness (QED) is 0.746. The summed E-state index contributed by atoms with van der Waals surface area (Å²) in [5, 5.41) is 21.9. The molecule has 4 aliphatic carbocycles. The Labute approximate surface area is 153 Å². The van der Waals surface area contributed by atoms with Crippen molar-refractivity contribution in [3.05, 3.63) is 11.6 Å². The van der Waals surface area contributed by atoms with Crippen molar-refractivity contribution in [3.63, 3.8) is 0 Å². The van der Waals surface area contributed by atoms with Crippen LogP contribution in [0.3, 0.4) is 0 Å². The summed E-state index contributed by atoms with van der Waals surface area (Å²) in [6.45, 7) is 5.57. The molecule has 0 amide bonds. The van der Waals surface area contributed by atoms with E-state index in [1.807, 2.05) is 13.8 Å². The molecule has 2 unspecified atom stereocenters. The highest BCUT2D eigenvalue weighted by Crippen LogP contribution is 2.66. The number of allylic oxidation sites excluding steroid dienone is 1. The van der Waals surface area contributed by atoms with Crippen molar-refractivity contribution in [3.8, 4) is 0 Å². The average Bonchev–Trinajstić information content (AvgIpc) is 2.83. The number of aliphatic hydroxyl groups excluding tert-OH is 1. The van der Waals surface area contributed by atoms with Gasteiger partial charge in [-0.3, -0.25) is 14.4 Å². The largest absolute Gasteiger partial charge is 0.385 e. The van der Waals surface area contributed by atoms with Crippen LogP contribution in [0.2, 0.25) is 0 Å². The molecule has 0 aromatic carbocycles.